The first-order chi connectivity index (χ1) is 13.6. The van der Waals surface area contributed by atoms with Crippen molar-refractivity contribution >= 4 is 17.6 Å². The molecule has 1 aromatic carbocycles. The summed E-state index contributed by atoms with van der Waals surface area (Å²) in [5.41, 5.74) is 1.72. The molecular weight excluding hydrogens is 387 g/mol. The van der Waals surface area contributed by atoms with Gasteiger partial charge in [0.15, 0.2) is 0 Å². The molecule has 0 radical (unpaired) electrons. The van der Waals surface area contributed by atoms with E-state index in [2.05, 4.69) is 20.4 Å². The summed E-state index contributed by atoms with van der Waals surface area (Å²) in [5.74, 6) is -0.463. The normalized spacial score (nSPS) is 11.4. The van der Waals surface area contributed by atoms with E-state index >= 15 is 0 Å². The molecule has 2 rings (SSSR count). The molecule has 156 valence electrons. The predicted octanol–water partition coefficient (Wildman–Crippen LogP) is 3.69. The lowest BCUT2D eigenvalue weighted by Gasteiger charge is -2.10. The van der Waals surface area contributed by atoms with Crippen molar-refractivity contribution in [3.63, 3.8) is 0 Å². The van der Waals surface area contributed by atoms with Gasteiger partial charge in [0.25, 0.3) is 5.91 Å². The molecule has 2 N–H and O–H groups in total. The van der Waals surface area contributed by atoms with Gasteiger partial charge in [-0.15, -0.1) is 0 Å². The molecule has 0 spiro atoms. The zero-order valence-electron chi connectivity index (χ0n) is 16.0. The minimum absolute atomic E-state index is 0.145. The van der Waals surface area contributed by atoms with Crippen LogP contribution in [0, 0.1) is 5.92 Å². The third-order valence-electron chi connectivity index (χ3n) is 3.81. The molecule has 29 heavy (non-hydrogen) atoms. The lowest BCUT2D eigenvalue weighted by atomic mass is 10.1. The standard InChI is InChI=1S/C20H22F3N3O3/c1-13(2)18(27)26-17-9-16(7-8-24-17)19(28)25-10-14-3-5-15(6-4-14)11-29-12-20(21,22)23/h3-9,13H,10-12H2,1-2H3,(H,25,28)(H,24,26,27). The Morgan fingerprint density at radius 1 is 1.10 bits per heavy atom. The molecule has 6 nitrogen and oxygen atoms in total. The first kappa shape index (κ1) is 22.4. The fourth-order valence-electron chi connectivity index (χ4n) is 2.23. The molecule has 0 aliphatic carbocycles. The molecule has 0 aliphatic heterocycles. The Kier molecular flexibility index (Phi) is 7.72. The van der Waals surface area contributed by atoms with Gasteiger partial charge in [0, 0.05) is 24.2 Å². The van der Waals surface area contributed by atoms with E-state index in [9.17, 15) is 22.8 Å². The lowest BCUT2D eigenvalue weighted by molar-refractivity contribution is -0.176. The third-order valence-corrected chi connectivity index (χ3v) is 3.81. The van der Waals surface area contributed by atoms with E-state index in [-0.39, 0.29) is 30.9 Å². The highest BCUT2D eigenvalue weighted by Crippen LogP contribution is 2.16. The molecule has 1 aromatic heterocycles. The van der Waals surface area contributed by atoms with Gasteiger partial charge < -0.3 is 15.4 Å². The molecule has 9 heteroatoms. The molecule has 0 bridgehead atoms. The summed E-state index contributed by atoms with van der Waals surface area (Å²) in [7, 11) is 0. The predicted molar refractivity (Wildman–Crippen MR) is 101 cm³/mol. The number of amides is 2. The Morgan fingerprint density at radius 2 is 1.76 bits per heavy atom. The number of hydrogen-bond acceptors (Lipinski definition) is 4. The molecule has 0 saturated carbocycles. The Labute approximate surface area is 166 Å². The van der Waals surface area contributed by atoms with Gasteiger partial charge >= 0.3 is 6.18 Å². The van der Waals surface area contributed by atoms with E-state index in [1.165, 1.54) is 18.3 Å². The van der Waals surface area contributed by atoms with Crippen LogP contribution >= 0.6 is 0 Å². The topological polar surface area (TPSA) is 80.3 Å². The molecule has 2 aromatic rings. The van der Waals surface area contributed by atoms with Crippen molar-refractivity contribution in [2.24, 2.45) is 5.92 Å². The Hall–Kier alpha value is -2.94. The maximum atomic E-state index is 12.3. The van der Waals surface area contributed by atoms with Crippen LogP contribution in [0.3, 0.4) is 0 Å². The van der Waals surface area contributed by atoms with Gasteiger partial charge in [0.2, 0.25) is 5.91 Å². The van der Waals surface area contributed by atoms with Crippen molar-refractivity contribution in [3.05, 3.63) is 59.3 Å². The molecule has 2 amide bonds. The number of alkyl halides is 3. The number of pyridine rings is 1. The van der Waals surface area contributed by atoms with Crippen LogP contribution in [0.4, 0.5) is 19.0 Å². The fraction of sp³-hybridized carbons (Fsp3) is 0.350. The maximum absolute atomic E-state index is 12.3. The Bertz CT molecular complexity index is 837. The summed E-state index contributed by atoms with van der Waals surface area (Å²) >= 11 is 0. The minimum atomic E-state index is -4.35. The summed E-state index contributed by atoms with van der Waals surface area (Å²) in [6, 6.07) is 9.70. The van der Waals surface area contributed by atoms with Crippen LogP contribution in [-0.4, -0.2) is 29.6 Å². The van der Waals surface area contributed by atoms with Crippen molar-refractivity contribution in [2.75, 3.05) is 11.9 Å². The van der Waals surface area contributed by atoms with Gasteiger partial charge in [-0.1, -0.05) is 38.1 Å². The van der Waals surface area contributed by atoms with Crippen molar-refractivity contribution in [2.45, 2.75) is 33.2 Å². The first-order valence-corrected chi connectivity index (χ1v) is 8.91. The smallest absolute Gasteiger partial charge is 0.367 e. The third kappa shape index (κ3) is 7.90. The van der Waals surface area contributed by atoms with E-state index in [0.29, 0.717) is 16.9 Å². The highest BCUT2D eigenvalue weighted by atomic mass is 19.4. The van der Waals surface area contributed by atoms with Crippen molar-refractivity contribution < 1.29 is 27.5 Å². The number of halogens is 3. The highest BCUT2D eigenvalue weighted by Gasteiger charge is 2.27. The summed E-state index contributed by atoms with van der Waals surface area (Å²) in [5, 5.41) is 5.37. The van der Waals surface area contributed by atoms with Crippen LogP contribution in [0.2, 0.25) is 0 Å². The molecule has 0 saturated heterocycles. The molecule has 0 unspecified atom stereocenters. The number of aromatic nitrogens is 1. The van der Waals surface area contributed by atoms with Gasteiger partial charge in [0.1, 0.15) is 12.4 Å². The average Bonchev–Trinajstić information content (AvgIpc) is 2.66. The van der Waals surface area contributed by atoms with Crippen molar-refractivity contribution in [1.82, 2.24) is 10.3 Å². The molecule has 1 heterocycles. The highest BCUT2D eigenvalue weighted by molar-refractivity contribution is 5.96. The van der Waals surface area contributed by atoms with E-state index in [1.54, 1.807) is 38.1 Å². The second-order valence-electron chi connectivity index (χ2n) is 6.68. The number of ether oxygens (including phenoxy) is 1. The molecular formula is C20H22F3N3O3. The van der Waals surface area contributed by atoms with Gasteiger partial charge in [-0.3, -0.25) is 9.59 Å². The summed E-state index contributed by atoms with van der Waals surface area (Å²) < 4.78 is 40.8. The van der Waals surface area contributed by atoms with Gasteiger partial charge in [-0.2, -0.15) is 13.2 Å². The quantitative estimate of drug-likeness (QED) is 0.697. The monoisotopic (exact) mass is 409 g/mol. The number of benzene rings is 1. The van der Waals surface area contributed by atoms with Crippen molar-refractivity contribution in [1.29, 1.82) is 0 Å². The van der Waals surface area contributed by atoms with Gasteiger partial charge in [0.05, 0.1) is 6.61 Å². The second kappa shape index (κ2) is 10.0. The van der Waals surface area contributed by atoms with Crippen molar-refractivity contribution in [3.8, 4) is 0 Å². The van der Waals surface area contributed by atoms with E-state index in [1.807, 2.05) is 0 Å². The zero-order chi connectivity index (χ0) is 21.4. The van der Waals surface area contributed by atoms with Crippen LogP contribution in [0.15, 0.2) is 42.6 Å². The molecule has 0 atom stereocenters. The summed E-state index contributed by atoms with van der Waals surface area (Å²) in [6.45, 7) is 2.29. The average molecular weight is 409 g/mol. The maximum Gasteiger partial charge on any atom is 0.411 e. The molecule has 0 aliphatic rings. The number of rotatable bonds is 8. The number of carbonyl (C=O) groups is 2. The lowest BCUT2D eigenvalue weighted by Crippen LogP contribution is -2.23. The minimum Gasteiger partial charge on any atom is -0.367 e. The Morgan fingerprint density at radius 3 is 2.38 bits per heavy atom. The number of hydrogen-bond donors (Lipinski definition) is 2. The second-order valence-corrected chi connectivity index (χ2v) is 6.68. The van der Waals surface area contributed by atoms with Gasteiger partial charge in [-0.05, 0) is 23.3 Å². The number of carbonyl (C=O) groups excluding carboxylic acids is 2. The van der Waals surface area contributed by atoms with Crippen LogP contribution in [0.1, 0.15) is 35.3 Å². The van der Waals surface area contributed by atoms with E-state index in [4.69, 9.17) is 0 Å². The van der Waals surface area contributed by atoms with Crippen LogP contribution in [0.25, 0.3) is 0 Å². The largest absolute Gasteiger partial charge is 0.411 e. The number of anilines is 1. The number of nitrogens with zero attached hydrogens (tertiary/aromatic N) is 1. The number of nitrogens with one attached hydrogen (secondary N) is 2. The fourth-order valence-corrected chi connectivity index (χ4v) is 2.23. The molecule has 0 fully saturated rings. The van der Waals surface area contributed by atoms with E-state index < -0.39 is 12.8 Å². The zero-order valence-corrected chi connectivity index (χ0v) is 16.0. The van der Waals surface area contributed by atoms with Gasteiger partial charge in [-0.25, -0.2) is 4.98 Å². The van der Waals surface area contributed by atoms with Crippen LogP contribution < -0.4 is 10.6 Å². The first-order valence-electron chi connectivity index (χ1n) is 8.91. The Balaban J connectivity index is 1.86. The van der Waals surface area contributed by atoms with E-state index in [0.717, 1.165) is 5.56 Å². The SMILES string of the molecule is CC(C)C(=O)Nc1cc(C(=O)NCc2ccc(COCC(F)(F)F)cc2)ccn1. The van der Waals surface area contributed by atoms with Crippen LogP contribution in [-0.2, 0) is 22.7 Å². The van der Waals surface area contributed by atoms with Crippen LogP contribution in [0.5, 0.6) is 0 Å². The summed E-state index contributed by atoms with van der Waals surface area (Å²) in [6.07, 6.45) is -2.92. The summed E-state index contributed by atoms with van der Waals surface area (Å²) in [4.78, 5) is 28.1.